The fourth-order valence-electron chi connectivity index (χ4n) is 2.88. The third kappa shape index (κ3) is 12.0. The van der Waals surface area contributed by atoms with Gasteiger partial charge in [0.2, 0.25) is 17.7 Å². The molecule has 33 heavy (non-hydrogen) atoms. The molecule has 0 bridgehead atoms. The second kappa shape index (κ2) is 15.0. The van der Waals surface area contributed by atoms with Gasteiger partial charge in [0.15, 0.2) is 5.96 Å². The first-order valence-corrected chi connectivity index (χ1v) is 10.9. The van der Waals surface area contributed by atoms with Crippen LogP contribution in [0.2, 0.25) is 0 Å². The van der Waals surface area contributed by atoms with Crippen LogP contribution in [0.3, 0.4) is 0 Å². The Morgan fingerprint density at radius 1 is 0.909 bits per heavy atom. The summed E-state index contributed by atoms with van der Waals surface area (Å²) in [5.74, 6) is -3.69. The zero-order valence-electron chi connectivity index (χ0n) is 19.7. The number of nitrogens with one attached hydrogen (secondary N) is 3. The van der Waals surface area contributed by atoms with E-state index in [2.05, 4.69) is 20.9 Å². The number of aliphatic hydroxyl groups excluding tert-OH is 1. The van der Waals surface area contributed by atoms with Crippen LogP contribution in [0.15, 0.2) is 4.99 Å². The lowest BCUT2D eigenvalue weighted by Crippen LogP contribution is -2.58. The number of guanidine groups is 1. The molecule has 0 aliphatic carbocycles. The highest BCUT2D eigenvalue weighted by Crippen LogP contribution is 2.09. The number of aliphatic imine (C=N–C) groups is 1. The summed E-state index contributed by atoms with van der Waals surface area (Å²) in [5, 5.41) is 26.0. The molecule has 0 saturated heterocycles. The molecule has 0 aromatic heterocycles. The van der Waals surface area contributed by atoms with Gasteiger partial charge in [0.25, 0.3) is 0 Å². The van der Waals surface area contributed by atoms with E-state index < -0.39 is 54.5 Å². The van der Waals surface area contributed by atoms with Crippen LogP contribution in [0.4, 0.5) is 0 Å². The van der Waals surface area contributed by atoms with E-state index in [0.29, 0.717) is 6.42 Å². The van der Waals surface area contributed by atoms with Crippen molar-refractivity contribution in [2.75, 3.05) is 13.2 Å². The SMILES string of the molecule is CC(C)CC(NC(=O)C(NC(=O)C(CCCN=C(N)N)NC(=O)C(N)CO)C(C)C)C(=O)O. The molecule has 13 heteroatoms. The second-order valence-electron chi connectivity index (χ2n) is 8.56. The van der Waals surface area contributed by atoms with Gasteiger partial charge in [-0.15, -0.1) is 0 Å². The van der Waals surface area contributed by atoms with Crippen LogP contribution >= 0.6 is 0 Å². The number of carboxylic acids is 1. The number of nitrogens with two attached hydrogens (primary N) is 3. The van der Waals surface area contributed by atoms with Gasteiger partial charge >= 0.3 is 5.97 Å². The molecule has 0 aliphatic heterocycles. The van der Waals surface area contributed by atoms with Gasteiger partial charge in [-0.25, -0.2) is 4.79 Å². The average Bonchev–Trinajstić information content (AvgIpc) is 2.71. The van der Waals surface area contributed by atoms with Gasteiger partial charge in [0, 0.05) is 6.54 Å². The van der Waals surface area contributed by atoms with Gasteiger partial charge in [0.05, 0.1) is 6.61 Å². The van der Waals surface area contributed by atoms with Gasteiger partial charge in [-0.3, -0.25) is 19.4 Å². The van der Waals surface area contributed by atoms with Gasteiger partial charge < -0.3 is 43.4 Å². The summed E-state index contributed by atoms with van der Waals surface area (Å²) in [4.78, 5) is 53.1. The van der Waals surface area contributed by atoms with Crippen LogP contribution in [0, 0.1) is 11.8 Å². The maximum atomic E-state index is 12.9. The number of hydrogen-bond donors (Lipinski definition) is 8. The Labute approximate surface area is 193 Å². The van der Waals surface area contributed by atoms with E-state index in [1.165, 1.54) is 0 Å². The number of carbonyl (C=O) groups excluding carboxylic acids is 3. The van der Waals surface area contributed by atoms with E-state index in [1.54, 1.807) is 13.8 Å². The molecule has 4 unspecified atom stereocenters. The number of rotatable bonds is 15. The molecule has 0 saturated carbocycles. The van der Waals surface area contributed by atoms with E-state index >= 15 is 0 Å². The topological polar surface area (TPSA) is 235 Å². The molecule has 0 spiro atoms. The van der Waals surface area contributed by atoms with Crippen LogP contribution in [-0.4, -0.2) is 77.2 Å². The molecule has 11 N–H and O–H groups in total. The van der Waals surface area contributed by atoms with E-state index in [9.17, 15) is 24.3 Å². The van der Waals surface area contributed by atoms with Gasteiger partial charge in [-0.2, -0.15) is 0 Å². The second-order valence-corrected chi connectivity index (χ2v) is 8.56. The Bertz CT molecular complexity index is 694. The molecule has 0 aromatic carbocycles. The molecular formula is C20H39N7O6. The van der Waals surface area contributed by atoms with Crippen molar-refractivity contribution < 1.29 is 29.4 Å². The van der Waals surface area contributed by atoms with Crippen LogP contribution in [0.25, 0.3) is 0 Å². The normalized spacial score (nSPS) is 14.7. The molecule has 0 rings (SSSR count). The minimum absolute atomic E-state index is 0.0269. The van der Waals surface area contributed by atoms with Gasteiger partial charge in [-0.1, -0.05) is 27.7 Å². The summed E-state index contributed by atoms with van der Waals surface area (Å²) in [6, 6.07) is -4.46. The Kier molecular flexibility index (Phi) is 13.7. The van der Waals surface area contributed by atoms with Crippen molar-refractivity contribution in [1.29, 1.82) is 0 Å². The Morgan fingerprint density at radius 2 is 1.48 bits per heavy atom. The molecule has 0 fully saturated rings. The van der Waals surface area contributed by atoms with Crippen molar-refractivity contribution in [1.82, 2.24) is 16.0 Å². The third-order valence-electron chi connectivity index (χ3n) is 4.68. The third-order valence-corrected chi connectivity index (χ3v) is 4.68. The lowest BCUT2D eigenvalue weighted by molar-refractivity contribution is -0.143. The highest BCUT2D eigenvalue weighted by Gasteiger charge is 2.31. The number of nitrogens with zero attached hydrogens (tertiary/aromatic N) is 1. The number of hydrogen-bond acceptors (Lipinski definition) is 7. The summed E-state index contributed by atoms with van der Waals surface area (Å²) in [7, 11) is 0. The summed E-state index contributed by atoms with van der Waals surface area (Å²) in [6.07, 6.45) is 0.686. The van der Waals surface area contributed by atoms with E-state index in [-0.39, 0.29) is 37.2 Å². The fourth-order valence-corrected chi connectivity index (χ4v) is 2.88. The van der Waals surface area contributed by atoms with Crippen molar-refractivity contribution in [2.24, 2.45) is 34.0 Å². The van der Waals surface area contributed by atoms with E-state index in [4.69, 9.17) is 22.3 Å². The highest BCUT2D eigenvalue weighted by atomic mass is 16.4. The van der Waals surface area contributed by atoms with Crippen molar-refractivity contribution in [3.8, 4) is 0 Å². The standard InChI is InChI=1S/C20H39N7O6/c1-10(2)8-14(19(32)33)26-18(31)15(11(3)4)27-17(30)13(6-5-7-24-20(22)23)25-16(29)12(21)9-28/h10-15,28H,5-9,21H2,1-4H3,(H,25,29)(H,26,31)(H,27,30)(H,32,33)(H4,22,23,24). The monoisotopic (exact) mass is 473 g/mol. The largest absolute Gasteiger partial charge is 0.480 e. The Morgan fingerprint density at radius 3 is 1.94 bits per heavy atom. The summed E-state index contributed by atoms with van der Waals surface area (Å²) in [6.45, 7) is 6.63. The van der Waals surface area contributed by atoms with Crippen LogP contribution < -0.4 is 33.2 Å². The molecule has 13 nitrogen and oxygen atoms in total. The minimum atomic E-state index is -1.23. The average molecular weight is 474 g/mol. The Balaban J connectivity index is 5.45. The van der Waals surface area contributed by atoms with Crippen LogP contribution in [0.1, 0.15) is 47.0 Å². The number of carboxylic acid groups (broad SMARTS) is 1. The predicted molar refractivity (Wildman–Crippen MR) is 123 cm³/mol. The van der Waals surface area contributed by atoms with E-state index in [1.807, 2.05) is 13.8 Å². The number of aliphatic hydroxyl groups is 1. The smallest absolute Gasteiger partial charge is 0.326 e. The van der Waals surface area contributed by atoms with Gasteiger partial charge in [-0.05, 0) is 31.1 Å². The fraction of sp³-hybridized carbons (Fsp3) is 0.750. The van der Waals surface area contributed by atoms with Crippen molar-refractivity contribution in [3.63, 3.8) is 0 Å². The molecule has 190 valence electrons. The molecule has 4 atom stereocenters. The molecule has 0 aliphatic rings. The van der Waals surface area contributed by atoms with Crippen LogP contribution in [0.5, 0.6) is 0 Å². The van der Waals surface area contributed by atoms with E-state index in [0.717, 1.165) is 0 Å². The first-order chi connectivity index (χ1) is 15.3. The number of amides is 3. The first-order valence-electron chi connectivity index (χ1n) is 10.9. The Hall–Kier alpha value is -2.93. The maximum Gasteiger partial charge on any atom is 0.326 e. The first kappa shape index (κ1) is 30.1. The maximum absolute atomic E-state index is 12.9. The van der Waals surface area contributed by atoms with Crippen molar-refractivity contribution >= 4 is 29.7 Å². The highest BCUT2D eigenvalue weighted by molar-refractivity contribution is 5.94. The minimum Gasteiger partial charge on any atom is -0.480 e. The lowest BCUT2D eigenvalue weighted by Gasteiger charge is -2.27. The quantitative estimate of drug-likeness (QED) is 0.0717. The number of carbonyl (C=O) groups is 4. The van der Waals surface area contributed by atoms with Crippen molar-refractivity contribution in [2.45, 2.75) is 71.1 Å². The van der Waals surface area contributed by atoms with Crippen LogP contribution in [-0.2, 0) is 19.2 Å². The lowest BCUT2D eigenvalue weighted by atomic mass is 9.99. The molecule has 0 aromatic rings. The summed E-state index contributed by atoms with van der Waals surface area (Å²) >= 11 is 0. The molecule has 0 radical (unpaired) electrons. The molecule has 0 heterocycles. The van der Waals surface area contributed by atoms with Gasteiger partial charge in [0.1, 0.15) is 24.2 Å². The van der Waals surface area contributed by atoms with Crippen molar-refractivity contribution in [3.05, 3.63) is 0 Å². The zero-order chi connectivity index (χ0) is 25.7. The molecule has 3 amide bonds. The predicted octanol–water partition coefficient (Wildman–Crippen LogP) is -2.40. The summed E-state index contributed by atoms with van der Waals surface area (Å²) in [5.41, 5.74) is 16.1. The molecular weight excluding hydrogens is 434 g/mol. The number of aliphatic carboxylic acids is 1. The zero-order valence-corrected chi connectivity index (χ0v) is 19.7. The summed E-state index contributed by atoms with van der Waals surface area (Å²) < 4.78 is 0.